The molecule has 0 heterocycles. The lowest BCUT2D eigenvalue weighted by Gasteiger charge is -2.11. The molecule has 0 unspecified atom stereocenters. The molecule has 0 nitrogen and oxygen atoms in total. The van der Waals surface area contributed by atoms with Gasteiger partial charge in [0.25, 0.3) is 0 Å². The number of unbranched alkanes of at least 4 members (excludes halogenated alkanes) is 4. The van der Waals surface area contributed by atoms with Gasteiger partial charge in [0.1, 0.15) is 11.6 Å². The van der Waals surface area contributed by atoms with Crippen LogP contribution in [-0.2, 0) is 12.8 Å². The van der Waals surface area contributed by atoms with Crippen molar-refractivity contribution in [3.63, 3.8) is 0 Å². The van der Waals surface area contributed by atoms with Crippen LogP contribution in [0.5, 0.6) is 0 Å². The highest BCUT2D eigenvalue weighted by molar-refractivity contribution is 5.81. The molecular weight excluding hydrogens is 407 g/mol. The van der Waals surface area contributed by atoms with Crippen molar-refractivity contribution in [1.29, 1.82) is 0 Å². The molecule has 0 aliphatic heterocycles. The molecule has 0 saturated heterocycles. The zero-order valence-electron chi connectivity index (χ0n) is 17.3. The van der Waals surface area contributed by atoms with E-state index in [0.717, 1.165) is 29.5 Å². The van der Waals surface area contributed by atoms with Crippen LogP contribution in [0.3, 0.4) is 0 Å². The van der Waals surface area contributed by atoms with E-state index < -0.39 is 34.6 Å². The molecule has 5 heteroatoms. The van der Waals surface area contributed by atoms with Gasteiger partial charge in [-0.25, -0.2) is 22.0 Å². The summed E-state index contributed by atoms with van der Waals surface area (Å²) in [6.45, 7) is 2.18. The summed E-state index contributed by atoms with van der Waals surface area (Å²) in [6.07, 6.45) is 7.10. The van der Waals surface area contributed by atoms with Crippen molar-refractivity contribution >= 4 is 0 Å². The SMILES string of the molecule is CCCCCCCc1ccc2c(c1)Cc1c-2cc(F)c(-c2cc(F)c(F)c(F)c2)c1F. The van der Waals surface area contributed by atoms with Crippen LogP contribution < -0.4 is 0 Å². The molecule has 0 amide bonds. The van der Waals surface area contributed by atoms with Crippen LogP contribution in [0.15, 0.2) is 36.4 Å². The lowest BCUT2D eigenvalue weighted by Crippen LogP contribution is -1.99. The third-order valence-electron chi connectivity index (χ3n) is 5.99. The molecule has 0 fully saturated rings. The molecule has 0 bridgehead atoms. The van der Waals surface area contributed by atoms with E-state index >= 15 is 4.39 Å². The molecule has 0 aromatic heterocycles. The van der Waals surface area contributed by atoms with Gasteiger partial charge in [-0.15, -0.1) is 0 Å². The van der Waals surface area contributed by atoms with E-state index in [2.05, 4.69) is 6.92 Å². The van der Waals surface area contributed by atoms with Crippen molar-refractivity contribution in [1.82, 2.24) is 0 Å². The van der Waals surface area contributed by atoms with Crippen molar-refractivity contribution in [3.8, 4) is 22.3 Å². The summed E-state index contributed by atoms with van der Waals surface area (Å²) in [5.74, 6) is -6.44. The van der Waals surface area contributed by atoms with Gasteiger partial charge in [-0.2, -0.15) is 0 Å². The summed E-state index contributed by atoms with van der Waals surface area (Å²) in [7, 11) is 0. The number of hydrogen-bond donors (Lipinski definition) is 0. The molecular formula is C26H23F5. The quantitative estimate of drug-likeness (QED) is 0.158. The Morgan fingerprint density at radius 1 is 0.710 bits per heavy atom. The van der Waals surface area contributed by atoms with Crippen LogP contribution in [-0.4, -0.2) is 0 Å². The summed E-state index contributed by atoms with van der Waals surface area (Å²) in [5, 5.41) is 0. The third kappa shape index (κ3) is 4.10. The first kappa shape index (κ1) is 21.5. The maximum Gasteiger partial charge on any atom is 0.194 e. The van der Waals surface area contributed by atoms with Crippen molar-refractivity contribution < 1.29 is 22.0 Å². The van der Waals surface area contributed by atoms with Gasteiger partial charge >= 0.3 is 0 Å². The number of benzene rings is 3. The minimum absolute atomic E-state index is 0.277. The Morgan fingerprint density at radius 2 is 1.42 bits per heavy atom. The Bertz CT molecular complexity index is 1110. The fraction of sp³-hybridized carbons (Fsp3) is 0.308. The van der Waals surface area contributed by atoms with Gasteiger partial charge in [0.2, 0.25) is 0 Å². The van der Waals surface area contributed by atoms with Crippen LogP contribution in [0.1, 0.15) is 55.7 Å². The highest BCUT2D eigenvalue weighted by atomic mass is 19.2. The smallest absolute Gasteiger partial charge is 0.194 e. The first-order valence-electron chi connectivity index (χ1n) is 10.7. The minimum atomic E-state index is -1.67. The second-order valence-electron chi connectivity index (χ2n) is 8.16. The van der Waals surface area contributed by atoms with Gasteiger partial charge in [0, 0.05) is 12.0 Å². The normalized spacial score (nSPS) is 12.2. The average Bonchev–Trinajstić information content (AvgIpc) is 3.10. The fourth-order valence-corrected chi connectivity index (χ4v) is 4.37. The zero-order valence-corrected chi connectivity index (χ0v) is 17.3. The Hall–Kier alpha value is -2.69. The number of rotatable bonds is 7. The average molecular weight is 430 g/mol. The molecule has 162 valence electrons. The summed E-state index contributed by atoms with van der Waals surface area (Å²) in [5.41, 5.74) is 2.67. The van der Waals surface area contributed by atoms with Crippen LogP contribution in [0, 0.1) is 29.1 Å². The highest BCUT2D eigenvalue weighted by Crippen LogP contribution is 2.43. The summed E-state index contributed by atoms with van der Waals surface area (Å²) >= 11 is 0. The Labute approximate surface area is 178 Å². The van der Waals surface area contributed by atoms with E-state index in [9.17, 15) is 17.6 Å². The van der Waals surface area contributed by atoms with Crippen LogP contribution in [0.25, 0.3) is 22.3 Å². The number of aryl methyl sites for hydroxylation is 1. The van der Waals surface area contributed by atoms with Crippen molar-refractivity contribution in [2.24, 2.45) is 0 Å². The second kappa shape index (κ2) is 8.81. The van der Waals surface area contributed by atoms with E-state index in [4.69, 9.17) is 0 Å². The topological polar surface area (TPSA) is 0 Å². The predicted molar refractivity (Wildman–Crippen MR) is 112 cm³/mol. The van der Waals surface area contributed by atoms with E-state index in [1.807, 2.05) is 18.2 Å². The molecule has 3 aromatic rings. The molecule has 0 atom stereocenters. The molecule has 0 N–H and O–H groups in total. The zero-order chi connectivity index (χ0) is 22.1. The van der Waals surface area contributed by atoms with E-state index in [1.165, 1.54) is 31.7 Å². The van der Waals surface area contributed by atoms with E-state index in [0.29, 0.717) is 17.7 Å². The number of halogens is 5. The monoisotopic (exact) mass is 430 g/mol. The molecule has 1 aliphatic carbocycles. The van der Waals surface area contributed by atoms with Crippen LogP contribution in [0.4, 0.5) is 22.0 Å². The maximum atomic E-state index is 15.3. The Kier molecular flexibility index (Phi) is 6.12. The van der Waals surface area contributed by atoms with Gasteiger partial charge in [-0.1, -0.05) is 50.8 Å². The second-order valence-corrected chi connectivity index (χ2v) is 8.16. The van der Waals surface area contributed by atoms with Gasteiger partial charge in [-0.05, 0) is 58.9 Å². The molecule has 4 rings (SSSR count). The van der Waals surface area contributed by atoms with Crippen LogP contribution >= 0.6 is 0 Å². The lowest BCUT2D eigenvalue weighted by molar-refractivity contribution is 0.447. The molecule has 0 spiro atoms. The van der Waals surface area contributed by atoms with E-state index in [-0.39, 0.29) is 17.5 Å². The van der Waals surface area contributed by atoms with Gasteiger partial charge in [-0.3, -0.25) is 0 Å². The van der Waals surface area contributed by atoms with Crippen LogP contribution in [0.2, 0.25) is 0 Å². The molecule has 31 heavy (non-hydrogen) atoms. The van der Waals surface area contributed by atoms with Crippen molar-refractivity contribution in [2.75, 3.05) is 0 Å². The number of hydrogen-bond acceptors (Lipinski definition) is 0. The largest absolute Gasteiger partial charge is 0.206 e. The first-order valence-corrected chi connectivity index (χ1v) is 10.7. The summed E-state index contributed by atoms with van der Waals surface area (Å²) < 4.78 is 70.7. The number of fused-ring (bicyclic) bond motifs is 3. The Balaban J connectivity index is 1.64. The lowest BCUT2D eigenvalue weighted by atomic mass is 9.97. The first-order chi connectivity index (χ1) is 14.9. The molecule has 3 aromatic carbocycles. The van der Waals surface area contributed by atoms with Crippen molar-refractivity contribution in [2.45, 2.75) is 51.9 Å². The summed E-state index contributed by atoms with van der Waals surface area (Å²) in [6, 6.07) is 8.34. The maximum absolute atomic E-state index is 15.3. The minimum Gasteiger partial charge on any atom is -0.206 e. The van der Waals surface area contributed by atoms with Gasteiger partial charge in [0.05, 0.1) is 5.56 Å². The third-order valence-corrected chi connectivity index (χ3v) is 5.99. The predicted octanol–water partition coefficient (Wildman–Crippen LogP) is 8.13. The highest BCUT2D eigenvalue weighted by Gasteiger charge is 2.28. The van der Waals surface area contributed by atoms with E-state index in [1.54, 1.807) is 0 Å². The molecule has 0 radical (unpaired) electrons. The van der Waals surface area contributed by atoms with Gasteiger partial charge < -0.3 is 0 Å². The Morgan fingerprint density at radius 3 is 2.13 bits per heavy atom. The standard InChI is InChI=1S/C26H23F5/c1-2-3-4-5-6-7-15-8-9-18-16(10-15)11-20-19(18)14-21(27)24(25(20)30)17-12-22(28)26(31)23(29)13-17/h8-10,12-14H,2-7,11H2,1H3. The summed E-state index contributed by atoms with van der Waals surface area (Å²) in [4.78, 5) is 0. The molecule has 1 aliphatic rings. The fourth-order valence-electron chi connectivity index (χ4n) is 4.37. The molecule has 0 saturated carbocycles. The van der Waals surface area contributed by atoms with Gasteiger partial charge in [0.15, 0.2) is 17.5 Å². The van der Waals surface area contributed by atoms with Crippen molar-refractivity contribution in [3.05, 3.63) is 82.2 Å².